The summed E-state index contributed by atoms with van der Waals surface area (Å²) < 4.78 is 5.83. The highest BCUT2D eigenvalue weighted by atomic mass is 16.5. The Kier molecular flexibility index (Phi) is 1.40. The fraction of sp³-hybridized carbons (Fsp3) is 0.364. The summed E-state index contributed by atoms with van der Waals surface area (Å²) in [7, 11) is 0. The Bertz CT molecular complexity index is 408. The van der Waals surface area contributed by atoms with Crippen LogP contribution >= 0.6 is 0 Å². The Morgan fingerprint density at radius 2 is 2.21 bits per heavy atom. The SMILES string of the molecule is CC1(Oc2ccc3c(c2)C=N[N]3)CC1. The molecule has 1 radical (unpaired) electrons. The summed E-state index contributed by atoms with van der Waals surface area (Å²) in [6.45, 7) is 2.14. The molecule has 2 aliphatic rings. The monoisotopic (exact) mass is 187 g/mol. The van der Waals surface area contributed by atoms with Gasteiger partial charge in [0.25, 0.3) is 0 Å². The van der Waals surface area contributed by atoms with E-state index in [4.69, 9.17) is 4.74 Å². The second kappa shape index (κ2) is 2.50. The number of hydrogen-bond acceptors (Lipinski definition) is 2. The second-order valence-corrected chi connectivity index (χ2v) is 4.12. The predicted octanol–water partition coefficient (Wildman–Crippen LogP) is 2.20. The average molecular weight is 187 g/mol. The molecule has 0 amide bonds. The van der Waals surface area contributed by atoms with Crippen LogP contribution < -0.4 is 10.2 Å². The summed E-state index contributed by atoms with van der Waals surface area (Å²) in [6, 6.07) is 5.91. The van der Waals surface area contributed by atoms with Gasteiger partial charge in [0, 0.05) is 5.56 Å². The van der Waals surface area contributed by atoms with Gasteiger partial charge in [0.05, 0.1) is 11.9 Å². The lowest BCUT2D eigenvalue weighted by Gasteiger charge is -2.12. The van der Waals surface area contributed by atoms with Gasteiger partial charge in [-0.1, -0.05) is 0 Å². The van der Waals surface area contributed by atoms with Gasteiger partial charge >= 0.3 is 0 Å². The van der Waals surface area contributed by atoms with E-state index in [-0.39, 0.29) is 5.60 Å². The molecule has 1 heterocycles. The third-order valence-electron chi connectivity index (χ3n) is 2.68. The standard InChI is InChI=1S/C11H11N2O/c1-11(4-5-11)14-9-2-3-10-8(6-9)7-12-13-10/h2-3,6-7H,4-5H2,1H3. The molecule has 1 aromatic carbocycles. The van der Waals surface area contributed by atoms with E-state index in [1.54, 1.807) is 6.21 Å². The molecule has 1 aromatic rings. The first kappa shape index (κ1) is 7.85. The van der Waals surface area contributed by atoms with Crippen LogP contribution in [0.2, 0.25) is 0 Å². The van der Waals surface area contributed by atoms with Crippen LogP contribution in [-0.2, 0) is 0 Å². The lowest BCUT2D eigenvalue weighted by Crippen LogP contribution is -2.11. The van der Waals surface area contributed by atoms with Crippen LogP contribution in [0.4, 0.5) is 5.69 Å². The van der Waals surface area contributed by atoms with E-state index in [9.17, 15) is 0 Å². The van der Waals surface area contributed by atoms with Crippen molar-refractivity contribution in [2.45, 2.75) is 25.4 Å². The van der Waals surface area contributed by atoms with Gasteiger partial charge in [0.15, 0.2) is 0 Å². The van der Waals surface area contributed by atoms with Crippen LogP contribution in [0.1, 0.15) is 25.3 Å². The van der Waals surface area contributed by atoms with Crippen LogP contribution in [-0.4, -0.2) is 11.8 Å². The number of fused-ring (bicyclic) bond motifs is 1. The fourth-order valence-electron chi connectivity index (χ4n) is 1.51. The third kappa shape index (κ3) is 1.25. The van der Waals surface area contributed by atoms with Crippen LogP contribution in [0.3, 0.4) is 0 Å². The highest BCUT2D eigenvalue weighted by Gasteiger charge is 2.40. The summed E-state index contributed by atoms with van der Waals surface area (Å²) in [6.07, 6.45) is 4.07. The number of ether oxygens (including phenoxy) is 1. The van der Waals surface area contributed by atoms with Gasteiger partial charge in [-0.15, -0.1) is 0 Å². The van der Waals surface area contributed by atoms with Crippen molar-refractivity contribution in [3.8, 4) is 5.75 Å². The zero-order valence-electron chi connectivity index (χ0n) is 8.03. The lowest BCUT2D eigenvalue weighted by atomic mass is 10.2. The molecule has 0 N–H and O–H groups in total. The van der Waals surface area contributed by atoms with Crippen molar-refractivity contribution in [2.75, 3.05) is 0 Å². The van der Waals surface area contributed by atoms with Crippen molar-refractivity contribution in [2.24, 2.45) is 5.10 Å². The Labute approximate surface area is 82.8 Å². The van der Waals surface area contributed by atoms with Gasteiger partial charge in [-0.05, 0) is 38.0 Å². The topological polar surface area (TPSA) is 35.7 Å². The Hall–Kier alpha value is -1.51. The van der Waals surface area contributed by atoms with E-state index in [1.165, 1.54) is 0 Å². The zero-order chi connectivity index (χ0) is 9.60. The van der Waals surface area contributed by atoms with Gasteiger partial charge in [0.1, 0.15) is 11.4 Å². The van der Waals surface area contributed by atoms with Gasteiger partial charge in [-0.3, -0.25) is 0 Å². The van der Waals surface area contributed by atoms with Crippen molar-refractivity contribution >= 4 is 11.9 Å². The summed E-state index contributed by atoms with van der Waals surface area (Å²) >= 11 is 0. The molecule has 0 saturated heterocycles. The molecule has 1 aliphatic carbocycles. The van der Waals surface area contributed by atoms with Gasteiger partial charge < -0.3 is 4.74 Å². The van der Waals surface area contributed by atoms with Crippen molar-refractivity contribution in [3.63, 3.8) is 0 Å². The largest absolute Gasteiger partial charge is 0.488 e. The van der Waals surface area contributed by atoms with E-state index in [2.05, 4.69) is 17.5 Å². The summed E-state index contributed by atoms with van der Waals surface area (Å²) in [4.78, 5) is 0. The van der Waals surface area contributed by atoms with E-state index >= 15 is 0 Å². The van der Waals surface area contributed by atoms with Crippen molar-refractivity contribution in [3.05, 3.63) is 23.8 Å². The van der Waals surface area contributed by atoms with Crippen LogP contribution in [0, 0.1) is 0 Å². The molecular weight excluding hydrogens is 176 g/mol. The summed E-state index contributed by atoms with van der Waals surface area (Å²) in [5, 5.41) is 3.85. The first-order valence-electron chi connectivity index (χ1n) is 4.82. The first-order valence-corrected chi connectivity index (χ1v) is 4.82. The van der Waals surface area contributed by atoms with Crippen molar-refractivity contribution < 1.29 is 4.74 Å². The molecular formula is C11H11N2O. The molecule has 0 unspecified atom stereocenters. The van der Waals surface area contributed by atoms with Crippen molar-refractivity contribution in [1.29, 1.82) is 0 Å². The molecule has 1 fully saturated rings. The van der Waals surface area contributed by atoms with Crippen LogP contribution in [0.5, 0.6) is 5.75 Å². The van der Waals surface area contributed by atoms with Crippen LogP contribution in [0.25, 0.3) is 0 Å². The molecule has 0 aromatic heterocycles. The highest BCUT2D eigenvalue weighted by molar-refractivity contribution is 5.89. The second-order valence-electron chi connectivity index (χ2n) is 4.12. The molecule has 0 bridgehead atoms. The Morgan fingerprint density at radius 3 is 3.00 bits per heavy atom. The average Bonchev–Trinajstić information content (AvgIpc) is 2.73. The molecule has 1 aliphatic heterocycles. The first-order chi connectivity index (χ1) is 6.75. The van der Waals surface area contributed by atoms with E-state index in [0.29, 0.717) is 0 Å². The number of rotatable bonds is 2. The maximum absolute atomic E-state index is 5.83. The zero-order valence-corrected chi connectivity index (χ0v) is 8.03. The molecule has 3 rings (SSSR count). The fourth-order valence-corrected chi connectivity index (χ4v) is 1.51. The number of benzene rings is 1. The molecule has 0 spiro atoms. The summed E-state index contributed by atoms with van der Waals surface area (Å²) in [5.74, 6) is 0.923. The normalized spacial score (nSPS) is 20.1. The minimum Gasteiger partial charge on any atom is -0.488 e. The van der Waals surface area contributed by atoms with Crippen molar-refractivity contribution in [1.82, 2.24) is 5.43 Å². The van der Waals surface area contributed by atoms with Gasteiger partial charge in [-0.2, -0.15) is 10.5 Å². The summed E-state index contributed by atoms with van der Waals surface area (Å²) in [5.41, 5.74) is 6.03. The maximum atomic E-state index is 5.83. The van der Waals surface area contributed by atoms with Crippen LogP contribution in [0.15, 0.2) is 23.3 Å². The molecule has 1 saturated carbocycles. The number of nitrogens with zero attached hydrogens (tertiary/aromatic N) is 2. The van der Waals surface area contributed by atoms with E-state index < -0.39 is 0 Å². The van der Waals surface area contributed by atoms with Gasteiger partial charge in [-0.25, -0.2) is 0 Å². The Morgan fingerprint density at radius 1 is 1.36 bits per heavy atom. The molecule has 3 heteroatoms. The maximum Gasteiger partial charge on any atom is 0.120 e. The molecule has 3 nitrogen and oxygen atoms in total. The lowest BCUT2D eigenvalue weighted by molar-refractivity contribution is 0.200. The third-order valence-corrected chi connectivity index (χ3v) is 2.68. The number of hydrogen-bond donors (Lipinski definition) is 0. The highest BCUT2D eigenvalue weighted by Crippen LogP contribution is 2.40. The smallest absolute Gasteiger partial charge is 0.120 e. The quantitative estimate of drug-likeness (QED) is 0.699. The van der Waals surface area contributed by atoms with E-state index in [1.807, 2.05) is 18.2 Å². The minimum atomic E-state index is 0.0845. The minimum absolute atomic E-state index is 0.0845. The molecule has 14 heavy (non-hydrogen) atoms. The Balaban J connectivity index is 1.88. The molecule has 0 atom stereocenters. The predicted molar refractivity (Wildman–Crippen MR) is 54.1 cm³/mol. The van der Waals surface area contributed by atoms with Gasteiger partial charge in [0.2, 0.25) is 0 Å². The molecule has 71 valence electrons. The van der Waals surface area contributed by atoms with E-state index in [0.717, 1.165) is 29.8 Å².